The van der Waals surface area contributed by atoms with E-state index in [0.717, 1.165) is 5.56 Å². The van der Waals surface area contributed by atoms with Crippen LogP contribution >= 0.6 is 12.4 Å². The van der Waals surface area contributed by atoms with E-state index in [9.17, 15) is 8.42 Å². The Balaban J connectivity index is 0.00000180. The number of nitrogens with one attached hydrogen (secondary N) is 2. The molecular formula is C12H16ClN3O2S. The third kappa shape index (κ3) is 4.07. The summed E-state index contributed by atoms with van der Waals surface area (Å²) in [6, 6.07) is 10.5. The maximum absolute atomic E-state index is 11.8. The van der Waals surface area contributed by atoms with Crippen LogP contribution in [0.15, 0.2) is 53.7 Å². The molecule has 7 heteroatoms. The van der Waals surface area contributed by atoms with Gasteiger partial charge in [0.15, 0.2) is 0 Å². The molecule has 1 unspecified atom stereocenters. The number of H-pyrrole nitrogens is 1. The number of hydrogen-bond donors (Lipinski definition) is 3. The highest BCUT2D eigenvalue weighted by Gasteiger charge is 2.15. The van der Waals surface area contributed by atoms with E-state index >= 15 is 0 Å². The molecule has 0 spiro atoms. The first-order valence-electron chi connectivity index (χ1n) is 5.52. The maximum Gasteiger partial charge on any atom is 0.242 e. The molecule has 2 rings (SSSR count). The van der Waals surface area contributed by atoms with Crippen molar-refractivity contribution in [2.45, 2.75) is 10.9 Å². The Bertz CT molecular complexity index is 585. The largest absolute Gasteiger partial charge is 0.366 e. The van der Waals surface area contributed by atoms with Crippen LogP contribution in [0.5, 0.6) is 0 Å². The molecule has 104 valence electrons. The number of nitrogens with two attached hydrogens (primary N) is 1. The maximum atomic E-state index is 11.8. The molecule has 19 heavy (non-hydrogen) atoms. The Morgan fingerprint density at radius 3 is 2.47 bits per heavy atom. The molecule has 0 bridgehead atoms. The van der Waals surface area contributed by atoms with Crippen LogP contribution in [0, 0.1) is 0 Å². The van der Waals surface area contributed by atoms with Crippen molar-refractivity contribution >= 4 is 22.4 Å². The number of hydrogen-bond acceptors (Lipinski definition) is 3. The summed E-state index contributed by atoms with van der Waals surface area (Å²) in [5.41, 5.74) is 6.82. The van der Waals surface area contributed by atoms with E-state index in [2.05, 4.69) is 9.71 Å². The van der Waals surface area contributed by atoms with Gasteiger partial charge in [-0.2, -0.15) is 0 Å². The highest BCUT2D eigenvalue weighted by molar-refractivity contribution is 7.89. The van der Waals surface area contributed by atoms with Crippen molar-refractivity contribution in [2.24, 2.45) is 5.73 Å². The Morgan fingerprint density at radius 1 is 1.21 bits per heavy atom. The van der Waals surface area contributed by atoms with Gasteiger partial charge in [-0.05, 0) is 11.6 Å². The van der Waals surface area contributed by atoms with Gasteiger partial charge >= 0.3 is 0 Å². The van der Waals surface area contributed by atoms with Crippen molar-refractivity contribution in [3.8, 4) is 0 Å². The molecule has 0 saturated carbocycles. The molecule has 5 nitrogen and oxygen atoms in total. The average molecular weight is 302 g/mol. The summed E-state index contributed by atoms with van der Waals surface area (Å²) >= 11 is 0. The van der Waals surface area contributed by atoms with E-state index in [0.29, 0.717) is 0 Å². The minimum Gasteiger partial charge on any atom is -0.366 e. The summed E-state index contributed by atoms with van der Waals surface area (Å²) in [5, 5.41) is 0. The van der Waals surface area contributed by atoms with Crippen LogP contribution in [0.4, 0.5) is 0 Å². The summed E-state index contributed by atoms with van der Waals surface area (Å²) in [6.07, 6.45) is 2.99. The first-order chi connectivity index (χ1) is 8.59. The zero-order valence-corrected chi connectivity index (χ0v) is 11.7. The Labute approximate surface area is 118 Å². The SMILES string of the molecule is Cl.NC(CNS(=O)(=O)c1cc[nH]c1)c1ccccc1. The fourth-order valence-electron chi connectivity index (χ4n) is 1.58. The van der Waals surface area contributed by atoms with E-state index in [1.807, 2.05) is 30.3 Å². The van der Waals surface area contributed by atoms with Crippen LogP contribution in [0.25, 0.3) is 0 Å². The van der Waals surface area contributed by atoms with Crippen molar-refractivity contribution < 1.29 is 8.42 Å². The van der Waals surface area contributed by atoms with E-state index in [-0.39, 0.29) is 29.9 Å². The lowest BCUT2D eigenvalue weighted by atomic mass is 10.1. The van der Waals surface area contributed by atoms with E-state index < -0.39 is 10.0 Å². The van der Waals surface area contributed by atoms with Gasteiger partial charge in [0.25, 0.3) is 0 Å². The lowest BCUT2D eigenvalue weighted by Gasteiger charge is -2.12. The molecule has 0 aliphatic carbocycles. The van der Waals surface area contributed by atoms with Crippen molar-refractivity contribution in [2.75, 3.05) is 6.54 Å². The summed E-state index contributed by atoms with van der Waals surface area (Å²) < 4.78 is 26.2. The summed E-state index contributed by atoms with van der Waals surface area (Å²) in [4.78, 5) is 2.92. The van der Waals surface area contributed by atoms with Gasteiger partial charge in [0.1, 0.15) is 0 Å². The van der Waals surface area contributed by atoms with Gasteiger partial charge in [-0.15, -0.1) is 12.4 Å². The standard InChI is InChI=1S/C12H15N3O2S.ClH/c13-12(10-4-2-1-3-5-10)9-15-18(16,17)11-6-7-14-8-11;/h1-8,12,14-15H,9,13H2;1H. The van der Waals surface area contributed by atoms with Gasteiger partial charge in [0, 0.05) is 25.0 Å². The molecule has 2 aromatic rings. The molecule has 4 N–H and O–H groups in total. The molecule has 0 amide bonds. The highest BCUT2D eigenvalue weighted by atomic mass is 35.5. The molecule has 0 saturated heterocycles. The number of rotatable bonds is 5. The minimum atomic E-state index is -3.48. The molecule has 1 atom stereocenters. The summed E-state index contributed by atoms with van der Waals surface area (Å²) in [7, 11) is -3.48. The molecule has 0 aliphatic rings. The second-order valence-electron chi connectivity index (χ2n) is 3.92. The predicted octanol–water partition coefficient (Wildman–Crippen LogP) is 1.41. The lowest BCUT2D eigenvalue weighted by Crippen LogP contribution is -2.31. The van der Waals surface area contributed by atoms with Crippen LogP contribution in [-0.4, -0.2) is 19.9 Å². The van der Waals surface area contributed by atoms with Crippen molar-refractivity contribution in [1.29, 1.82) is 0 Å². The topological polar surface area (TPSA) is 88.0 Å². The smallest absolute Gasteiger partial charge is 0.242 e. The molecule has 1 heterocycles. The highest BCUT2D eigenvalue weighted by Crippen LogP contribution is 2.10. The van der Waals surface area contributed by atoms with Gasteiger partial charge in [0.05, 0.1) is 4.90 Å². The number of benzene rings is 1. The third-order valence-electron chi connectivity index (χ3n) is 2.60. The van der Waals surface area contributed by atoms with Gasteiger partial charge in [-0.25, -0.2) is 13.1 Å². The van der Waals surface area contributed by atoms with E-state index in [1.165, 1.54) is 12.3 Å². The fraction of sp³-hybridized carbons (Fsp3) is 0.167. The second-order valence-corrected chi connectivity index (χ2v) is 5.68. The van der Waals surface area contributed by atoms with Crippen LogP contribution in [-0.2, 0) is 10.0 Å². The van der Waals surface area contributed by atoms with Crippen LogP contribution in [0.2, 0.25) is 0 Å². The number of sulfonamides is 1. The van der Waals surface area contributed by atoms with Gasteiger partial charge < -0.3 is 10.7 Å². The fourth-order valence-corrected chi connectivity index (χ4v) is 2.61. The van der Waals surface area contributed by atoms with Crippen LogP contribution < -0.4 is 10.5 Å². The monoisotopic (exact) mass is 301 g/mol. The number of halogens is 1. The minimum absolute atomic E-state index is 0. The molecule has 0 aliphatic heterocycles. The average Bonchev–Trinajstić information content (AvgIpc) is 2.92. The number of aromatic amines is 1. The zero-order chi connectivity index (χ0) is 13.0. The van der Waals surface area contributed by atoms with Gasteiger partial charge in [-0.1, -0.05) is 30.3 Å². The van der Waals surface area contributed by atoms with Crippen LogP contribution in [0.3, 0.4) is 0 Å². The molecular weight excluding hydrogens is 286 g/mol. The molecule has 1 aromatic heterocycles. The first kappa shape index (κ1) is 15.7. The number of aromatic nitrogens is 1. The third-order valence-corrected chi connectivity index (χ3v) is 4.02. The Morgan fingerprint density at radius 2 is 1.89 bits per heavy atom. The van der Waals surface area contributed by atoms with Crippen LogP contribution in [0.1, 0.15) is 11.6 Å². The molecule has 1 aromatic carbocycles. The van der Waals surface area contributed by atoms with Gasteiger partial charge in [-0.3, -0.25) is 0 Å². The predicted molar refractivity (Wildman–Crippen MR) is 76.6 cm³/mol. The van der Waals surface area contributed by atoms with Crippen molar-refractivity contribution in [3.05, 3.63) is 54.4 Å². The summed E-state index contributed by atoms with van der Waals surface area (Å²) in [6.45, 7) is 0.164. The van der Waals surface area contributed by atoms with E-state index in [4.69, 9.17) is 5.73 Å². The lowest BCUT2D eigenvalue weighted by molar-refractivity contribution is 0.572. The molecule has 0 radical (unpaired) electrons. The van der Waals surface area contributed by atoms with Crippen molar-refractivity contribution in [1.82, 2.24) is 9.71 Å². The zero-order valence-electron chi connectivity index (χ0n) is 10.1. The normalized spacial score (nSPS) is 12.7. The quantitative estimate of drug-likeness (QED) is 0.780. The first-order valence-corrected chi connectivity index (χ1v) is 7.01. The second kappa shape index (κ2) is 6.72. The van der Waals surface area contributed by atoms with Gasteiger partial charge in [0.2, 0.25) is 10.0 Å². The molecule has 0 fully saturated rings. The summed E-state index contributed by atoms with van der Waals surface area (Å²) in [5.74, 6) is 0. The Hall–Kier alpha value is -1.34. The van der Waals surface area contributed by atoms with E-state index in [1.54, 1.807) is 6.20 Å². The van der Waals surface area contributed by atoms with Crippen molar-refractivity contribution in [3.63, 3.8) is 0 Å². The Kier molecular flexibility index (Phi) is 5.56.